The third kappa shape index (κ3) is 3.77. The average molecular weight is 246 g/mol. The molecule has 0 aliphatic heterocycles. The van der Waals surface area contributed by atoms with Crippen molar-refractivity contribution in [1.82, 2.24) is 14.5 Å². The second kappa shape index (κ2) is 5.72. The first-order valence-corrected chi connectivity index (χ1v) is 5.21. The van der Waals surface area contributed by atoms with Crippen molar-refractivity contribution in [3.63, 3.8) is 0 Å². The molecule has 0 saturated heterocycles. The van der Waals surface area contributed by atoms with Crippen molar-refractivity contribution in [2.24, 2.45) is 5.73 Å². The van der Waals surface area contributed by atoms with Crippen LogP contribution in [0.4, 0.5) is 8.78 Å². The normalized spacial score (nSPS) is 12.8. The van der Waals surface area contributed by atoms with Crippen molar-refractivity contribution in [2.75, 3.05) is 7.05 Å². The maximum absolute atomic E-state index is 12.5. The quantitative estimate of drug-likeness (QED) is 0.842. The molecule has 1 aromatic rings. The molecule has 0 aliphatic rings. The van der Waals surface area contributed by atoms with Gasteiger partial charge >= 0.3 is 6.55 Å². The predicted molar refractivity (Wildman–Crippen MR) is 58.2 cm³/mol. The second-order valence-corrected chi connectivity index (χ2v) is 3.96. The van der Waals surface area contributed by atoms with Gasteiger partial charge in [0.1, 0.15) is 5.82 Å². The van der Waals surface area contributed by atoms with Crippen LogP contribution in [-0.2, 0) is 11.3 Å². The molecule has 0 radical (unpaired) electrons. The Hall–Kier alpha value is -1.50. The molecule has 0 aromatic carbocycles. The number of halogens is 2. The molecule has 7 heteroatoms. The molecule has 0 aliphatic carbocycles. The van der Waals surface area contributed by atoms with Crippen LogP contribution < -0.4 is 5.73 Å². The number of amides is 1. The minimum absolute atomic E-state index is 0.0445. The summed E-state index contributed by atoms with van der Waals surface area (Å²) in [6.07, 6.45) is 2.65. The lowest BCUT2D eigenvalue weighted by Crippen LogP contribution is -2.32. The van der Waals surface area contributed by atoms with Crippen molar-refractivity contribution >= 4 is 5.91 Å². The van der Waals surface area contributed by atoms with E-state index in [2.05, 4.69) is 4.98 Å². The summed E-state index contributed by atoms with van der Waals surface area (Å²) in [4.78, 5) is 16.7. The van der Waals surface area contributed by atoms with Crippen LogP contribution in [0.15, 0.2) is 12.4 Å². The molecule has 1 rings (SSSR count). The Balaban J connectivity index is 2.64. The minimum Gasteiger partial charge on any atom is -0.338 e. The highest BCUT2D eigenvalue weighted by Gasteiger charge is 2.16. The maximum Gasteiger partial charge on any atom is 0.319 e. The summed E-state index contributed by atoms with van der Waals surface area (Å²) in [5, 5.41) is 0. The smallest absolute Gasteiger partial charge is 0.319 e. The van der Waals surface area contributed by atoms with Gasteiger partial charge in [0, 0.05) is 31.9 Å². The van der Waals surface area contributed by atoms with Gasteiger partial charge in [0.25, 0.3) is 0 Å². The van der Waals surface area contributed by atoms with E-state index in [1.807, 2.05) is 0 Å². The van der Waals surface area contributed by atoms with E-state index in [9.17, 15) is 13.6 Å². The molecule has 2 N–H and O–H groups in total. The summed E-state index contributed by atoms with van der Waals surface area (Å²) in [6, 6.07) is -0.250. The zero-order valence-electron chi connectivity index (χ0n) is 9.81. The van der Waals surface area contributed by atoms with E-state index >= 15 is 0 Å². The number of carbonyl (C=O) groups excluding carboxylic acids is 1. The summed E-state index contributed by atoms with van der Waals surface area (Å²) in [6.45, 7) is -0.890. The van der Waals surface area contributed by atoms with Gasteiger partial charge in [-0.25, -0.2) is 4.98 Å². The van der Waals surface area contributed by atoms with E-state index in [0.29, 0.717) is 0 Å². The number of hydrogen-bond acceptors (Lipinski definition) is 3. The molecule has 0 spiro atoms. The Bertz CT molecular complexity index is 378. The molecule has 1 atom stereocenters. The number of rotatable bonds is 5. The number of nitrogens with zero attached hydrogens (tertiary/aromatic N) is 3. The Morgan fingerprint density at radius 1 is 1.65 bits per heavy atom. The van der Waals surface area contributed by atoms with Crippen LogP contribution in [0.2, 0.25) is 0 Å². The Morgan fingerprint density at radius 2 is 2.29 bits per heavy atom. The Morgan fingerprint density at radius 3 is 2.82 bits per heavy atom. The number of aromatic nitrogens is 2. The molecule has 96 valence electrons. The van der Waals surface area contributed by atoms with E-state index in [1.54, 1.807) is 6.92 Å². The third-order valence-electron chi connectivity index (χ3n) is 2.26. The molecule has 0 fully saturated rings. The topological polar surface area (TPSA) is 64.2 Å². The first kappa shape index (κ1) is 13.6. The molecule has 1 heterocycles. The van der Waals surface area contributed by atoms with Gasteiger partial charge in [0.15, 0.2) is 0 Å². The fraction of sp³-hybridized carbons (Fsp3) is 0.600. The van der Waals surface area contributed by atoms with Gasteiger partial charge < -0.3 is 10.6 Å². The van der Waals surface area contributed by atoms with Crippen LogP contribution in [0.5, 0.6) is 0 Å². The summed E-state index contributed by atoms with van der Waals surface area (Å²) in [5.74, 6) is -0.0376. The van der Waals surface area contributed by atoms with Crippen molar-refractivity contribution in [3.05, 3.63) is 18.2 Å². The Labute approximate surface area is 98.2 Å². The zero-order valence-corrected chi connectivity index (χ0v) is 9.81. The molecule has 0 bridgehead atoms. The van der Waals surface area contributed by atoms with Crippen LogP contribution in [-0.4, -0.2) is 33.4 Å². The van der Waals surface area contributed by atoms with Gasteiger partial charge in [-0.1, -0.05) is 0 Å². The molecular weight excluding hydrogens is 230 g/mol. The second-order valence-electron chi connectivity index (χ2n) is 3.96. The highest BCUT2D eigenvalue weighted by Crippen LogP contribution is 2.13. The van der Waals surface area contributed by atoms with Crippen LogP contribution in [0, 0.1) is 0 Å². The first-order valence-electron chi connectivity index (χ1n) is 5.21. The van der Waals surface area contributed by atoms with E-state index in [1.165, 1.54) is 24.3 Å². The van der Waals surface area contributed by atoms with Crippen molar-refractivity contribution in [2.45, 2.75) is 32.5 Å². The van der Waals surface area contributed by atoms with Crippen LogP contribution >= 0.6 is 0 Å². The van der Waals surface area contributed by atoms with Crippen LogP contribution in [0.25, 0.3) is 0 Å². The van der Waals surface area contributed by atoms with Gasteiger partial charge in [-0.2, -0.15) is 8.78 Å². The summed E-state index contributed by atoms with van der Waals surface area (Å²) >= 11 is 0. The predicted octanol–water partition coefficient (Wildman–Crippen LogP) is 0.974. The van der Waals surface area contributed by atoms with E-state index < -0.39 is 6.55 Å². The fourth-order valence-corrected chi connectivity index (χ4v) is 1.38. The average Bonchev–Trinajstić information content (AvgIpc) is 2.64. The summed E-state index contributed by atoms with van der Waals surface area (Å²) in [7, 11) is 1.54. The monoisotopic (exact) mass is 246 g/mol. The molecule has 1 amide bonds. The summed E-state index contributed by atoms with van der Waals surface area (Å²) in [5.41, 5.74) is 5.49. The Kier molecular flexibility index (Phi) is 4.56. The third-order valence-corrected chi connectivity index (χ3v) is 2.26. The molecule has 17 heavy (non-hydrogen) atoms. The molecular formula is C10H16F2N4O. The lowest BCUT2D eigenvalue weighted by molar-refractivity contribution is -0.130. The van der Waals surface area contributed by atoms with Gasteiger partial charge in [-0.05, 0) is 6.92 Å². The maximum atomic E-state index is 12.5. The SMILES string of the molecule is CC(N)CC(=O)N(C)Cc1nccn1C(F)F. The van der Waals surface area contributed by atoms with E-state index in [0.717, 1.165) is 4.57 Å². The highest BCUT2D eigenvalue weighted by molar-refractivity contribution is 5.76. The molecule has 1 unspecified atom stereocenters. The molecule has 5 nitrogen and oxygen atoms in total. The summed E-state index contributed by atoms with van der Waals surface area (Å²) < 4.78 is 25.8. The van der Waals surface area contributed by atoms with Gasteiger partial charge in [0.05, 0.1) is 6.54 Å². The number of carbonyl (C=O) groups is 1. The number of alkyl halides is 2. The van der Waals surface area contributed by atoms with Crippen molar-refractivity contribution in [1.29, 1.82) is 0 Å². The van der Waals surface area contributed by atoms with Gasteiger partial charge in [-0.3, -0.25) is 9.36 Å². The van der Waals surface area contributed by atoms with Gasteiger partial charge in [-0.15, -0.1) is 0 Å². The number of imidazole rings is 1. The zero-order chi connectivity index (χ0) is 13.0. The van der Waals surface area contributed by atoms with Crippen molar-refractivity contribution < 1.29 is 13.6 Å². The minimum atomic E-state index is -2.65. The van der Waals surface area contributed by atoms with Crippen molar-refractivity contribution in [3.8, 4) is 0 Å². The molecule has 1 aromatic heterocycles. The highest BCUT2D eigenvalue weighted by atomic mass is 19.3. The number of hydrogen-bond donors (Lipinski definition) is 1. The van der Waals surface area contributed by atoms with Crippen LogP contribution in [0.1, 0.15) is 25.7 Å². The van der Waals surface area contributed by atoms with Gasteiger partial charge in [0.2, 0.25) is 5.91 Å². The standard InChI is InChI=1S/C10H16F2N4O/c1-7(13)5-9(17)15(2)6-8-14-3-4-16(8)10(11)12/h3-4,7,10H,5-6,13H2,1-2H3. The van der Waals surface area contributed by atoms with E-state index in [-0.39, 0.29) is 30.7 Å². The first-order chi connectivity index (χ1) is 7.91. The number of nitrogens with two attached hydrogens (primary N) is 1. The molecule has 0 saturated carbocycles. The lowest BCUT2D eigenvalue weighted by Gasteiger charge is -2.18. The van der Waals surface area contributed by atoms with E-state index in [4.69, 9.17) is 5.73 Å². The lowest BCUT2D eigenvalue weighted by atomic mass is 10.2. The fourth-order valence-electron chi connectivity index (χ4n) is 1.38. The largest absolute Gasteiger partial charge is 0.338 e. The van der Waals surface area contributed by atoms with Crippen LogP contribution in [0.3, 0.4) is 0 Å².